The molecule has 1 aromatic carbocycles. The van der Waals surface area contributed by atoms with Crippen molar-refractivity contribution in [1.29, 1.82) is 0 Å². The van der Waals surface area contributed by atoms with Crippen LogP contribution in [-0.4, -0.2) is 32.4 Å². The molecule has 0 bridgehead atoms. The first-order valence-electron chi connectivity index (χ1n) is 6.30. The lowest BCUT2D eigenvalue weighted by molar-refractivity contribution is -0.165. The van der Waals surface area contributed by atoms with Crippen molar-refractivity contribution in [3.05, 3.63) is 29.8 Å². The van der Waals surface area contributed by atoms with Gasteiger partial charge in [0.15, 0.2) is 6.29 Å². The third-order valence-electron chi connectivity index (χ3n) is 2.81. The Balaban J connectivity index is 1.63. The Morgan fingerprint density at radius 1 is 1.22 bits per heavy atom. The summed E-state index contributed by atoms with van der Waals surface area (Å²) in [6, 6.07) is 7.02. The van der Waals surface area contributed by atoms with E-state index in [1.807, 2.05) is 0 Å². The fraction of sp³-hybridized carbons (Fsp3) is 0.500. The average molecular weight is 250 g/mol. The number of hydrogen-bond donors (Lipinski definition) is 0. The molecule has 4 heteroatoms. The maximum absolute atomic E-state index is 10.5. The van der Waals surface area contributed by atoms with Crippen LogP contribution in [0, 0.1) is 0 Å². The van der Waals surface area contributed by atoms with E-state index in [1.54, 1.807) is 24.3 Å². The number of aldehydes is 1. The molecule has 4 nitrogen and oxygen atoms in total. The summed E-state index contributed by atoms with van der Waals surface area (Å²) in [5, 5.41) is 0. The van der Waals surface area contributed by atoms with Crippen molar-refractivity contribution in [3.8, 4) is 5.75 Å². The highest BCUT2D eigenvalue weighted by molar-refractivity contribution is 5.74. The Hall–Kier alpha value is -1.39. The van der Waals surface area contributed by atoms with Crippen LogP contribution in [0.5, 0.6) is 5.75 Å². The van der Waals surface area contributed by atoms with Crippen molar-refractivity contribution in [1.82, 2.24) is 0 Å². The van der Waals surface area contributed by atoms with Gasteiger partial charge in [-0.05, 0) is 43.5 Å². The van der Waals surface area contributed by atoms with E-state index in [2.05, 4.69) is 0 Å². The van der Waals surface area contributed by atoms with E-state index in [1.165, 1.54) is 6.42 Å². The lowest BCUT2D eigenvalue weighted by atomic mass is 10.2. The molecule has 1 heterocycles. The van der Waals surface area contributed by atoms with Gasteiger partial charge < -0.3 is 14.2 Å². The van der Waals surface area contributed by atoms with Crippen molar-refractivity contribution in [2.45, 2.75) is 25.6 Å². The molecular weight excluding hydrogens is 232 g/mol. The smallest absolute Gasteiger partial charge is 0.157 e. The molecule has 98 valence electrons. The normalized spacial score (nSPS) is 19.4. The average Bonchev–Trinajstić information content (AvgIpc) is 2.45. The molecule has 1 saturated heterocycles. The van der Waals surface area contributed by atoms with Gasteiger partial charge in [-0.15, -0.1) is 0 Å². The Kier molecular flexibility index (Phi) is 5.17. The van der Waals surface area contributed by atoms with Gasteiger partial charge in [-0.2, -0.15) is 0 Å². The summed E-state index contributed by atoms with van der Waals surface area (Å²) in [6.07, 6.45) is 4.00. The summed E-state index contributed by atoms with van der Waals surface area (Å²) in [6.45, 7) is 1.79. The van der Waals surface area contributed by atoms with Gasteiger partial charge in [0.05, 0.1) is 6.61 Å². The highest BCUT2D eigenvalue weighted by Gasteiger charge is 2.13. The number of carbonyl (C=O) groups is 1. The highest BCUT2D eigenvalue weighted by Crippen LogP contribution is 2.14. The molecule has 1 aliphatic rings. The first-order chi connectivity index (χ1) is 8.88. The quantitative estimate of drug-likeness (QED) is 0.574. The van der Waals surface area contributed by atoms with E-state index in [9.17, 15) is 4.79 Å². The third kappa shape index (κ3) is 4.13. The van der Waals surface area contributed by atoms with Crippen LogP contribution in [0.3, 0.4) is 0 Å². The zero-order valence-corrected chi connectivity index (χ0v) is 10.3. The molecular formula is C14H18O4. The van der Waals surface area contributed by atoms with Crippen LogP contribution in [0.4, 0.5) is 0 Å². The number of benzene rings is 1. The van der Waals surface area contributed by atoms with Gasteiger partial charge in [-0.1, -0.05) is 0 Å². The molecule has 18 heavy (non-hydrogen) atoms. The molecule has 0 aliphatic carbocycles. The largest absolute Gasteiger partial charge is 0.491 e. The summed E-state index contributed by atoms with van der Waals surface area (Å²) < 4.78 is 16.5. The van der Waals surface area contributed by atoms with Crippen molar-refractivity contribution in [2.24, 2.45) is 0 Å². The number of ether oxygens (including phenoxy) is 3. The fourth-order valence-electron chi connectivity index (χ4n) is 1.82. The van der Waals surface area contributed by atoms with Gasteiger partial charge in [-0.25, -0.2) is 0 Å². The summed E-state index contributed by atoms with van der Waals surface area (Å²) in [5.74, 6) is 0.744. The lowest BCUT2D eigenvalue weighted by Gasteiger charge is -2.22. The Bertz CT molecular complexity index is 355. The monoisotopic (exact) mass is 250 g/mol. The summed E-state index contributed by atoms with van der Waals surface area (Å²) in [7, 11) is 0. The summed E-state index contributed by atoms with van der Waals surface area (Å²) in [5.41, 5.74) is 0.647. The van der Waals surface area contributed by atoms with E-state index in [0.717, 1.165) is 31.5 Å². The van der Waals surface area contributed by atoms with Gasteiger partial charge in [0, 0.05) is 12.2 Å². The van der Waals surface area contributed by atoms with Crippen molar-refractivity contribution < 1.29 is 19.0 Å². The predicted molar refractivity (Wildman–Crippen MR) is 66.9 cm³/mol. The SMILES string of the molecule is O=Cc1ccc(OCCOC2CCCCO2)cc1. The molecule has 1 fully saturated rings. The topological polar surface area (TPSA) is 44.8 Å². The molecule has 0 N–H and O–H groups in total. The summed E-state index contributed by atoms with van der Waals surface area (Å²) in [4.78, 5) is 10.5. The van der Waals surface area contributed by atoms with E-state index >= 15 is 0 Å². The molecule has 2 rings (SSSR count). The Morgan fingerprint density at radius 3 is 2.72 bits per heavy atom. The molecule has 0 radical (unpaired) electrons. The number of carbonyl (C=O) groups excluding carboxylic acids is 1. The third-order valence-corrected chi connectivity index (χ3v) is 2.81. The maximum Gasteiger partial charge on any atom is 0.157 e. The van der Waals surface area contributed by atoms with Crippen LogP contribution in [0.2, 0.25) is 0 Å². The van der Waals surface area contributed by atoms with Gasteiger partial charge >= 0.3 is 0 Å². The number of hydrogen-bond acceptors (Lipinski definition) is 4. The van der Waals surface area contributed by atoms with Crippen LogP contribution in [0.25, 0.3) is 0 Å². The van der Waals surface area contributed by atoms with E-state index in [0.29, 0.717) is 18.8 Å². The first-order valence-corrected chi connectivity index (χ1v) is 6.30. The summed E-state index contributed by atoms with van der Waals surface area (Å²) >= 11 is 0. The van der Waals surface area contributed by atoms with Gasteiger partial charge in [0.25, 0.3) is 0 Å². The Morgan fingerprint density at radius 2 is 2.06 bits per heavy atom. The van der Waals surface area contributed by atoms with Crippen LogP contribution >= 0.6 is 0 Å². The van der Waals surface area contributed by atoms with Crippen molar-refractivity contribution in [3.63, 3.8) is 0 Å². The number of rotatable bonds is 6. The van der Waals surface area contributed by atoms with E-state index in [-0.39, 0.29) is 6.29 Å². The van der Waals surface area contributed by atoms with Crippen molar-refractivity contribution >= 4 is 6.29 Å². The molecule has 0 spiro atoms. The van der Waals surface area contributed by atoms with Gasteiger partial charge in [0.2, 0.25) is 0 Å². The van der Waals surface area contributed by atoms with Crippen LogP contribution in [0.1, 0.15) is 29.6 Å². The second kappa shape index (κ2) is 7.13. The van der Waals surface area contributed by atoms with Gasteiger partial charge in [-0.3, -0.25) is 4.79 Å². The molecule has 1 aromatic rings. The highest BCUT2D eigenvalue weighted by atomic mass is 16.7. The van der Waals surface area contributed by atoms with E-state index in [4.69, 9.17) is 14.2 Å². The molecule has 0 amide bonds. The van der Waals surface area contributed by atoms with Crippen LogP contribution < -0.4 is 4.74 Å². The zero-order valence-electron chi connectivity index (χ0n) is 10.3. The lowest BCUT2D eigenvalue weighted by Crippen LogP contribution is -2.24. The molecule has 1 unspecified atom stereocenters. The fourth-order valence-corrected chi connectivity index (χ4v) is 1.82. The van der Waals surface area contributed by atoms with Gasteiger partial charge in [0.1, 0.15) is 18.6 Å². The molecule has 0 saturated carbocycles. The second-order valence-electron chi connectivity index (χ2n) is 4.20. The minimum Gasteiger partial charge on any atom is -0.491 e. The van der Waals surface area contributed by atoms with E-state index < -0.39 is 0 Å². The molecule has 1 atom stereocenters. The zero-order chi connectivity index (χ0) is 12.6. The standard InChI is InChI=1S/C14H18O4/c15-11-12-4-6-13(7-5-12)16-9-10-18-14-3-1-2-8-17-14/h4-7,11,14H,1-3,8-10H2. The van der Waals surface area contributed by atoms with Crippen molar-refractivity contribution in [2.75, 3.05) is 19.8 Å². The Labute approximate surface area is 107 Å². The minimum atomic E-state index is -0.0696. The maximum atomic E-state index is 10.5. The second-order valence-corrected chi connectivity index (χ2v) is 4.20. The van der Waals surface area contributed by atoms with Crippen LogP contribution in [0.15, 0.2) is 24.3 Å². The minimum absolute atomic E-state index is 0.0696. The first kappa shape index (κ1) is 13.1. The van der Waals surface area contributed by atoms with Crippen LogP contribution in [-0.2, 0) is 9.47 Å². The molecule has 1 aliphatic heterocycles. The predicted octanol–water partition coefficient (Wildman–Crippen LogP) is 2.42. The molecule has 0 aromatic heterocycles.